The number of hydrogen-bond donors (Lipinski definition) is 2. The smallest absolute Gasteiger partial charge is 0.342 e. The summed E-state index contributed by atoms with van der Waals surface area (Å²) >= 11 is 6.33. The molecular formula is C55H57ClFN5O8. The van der Waals surface area contributed by atoms with Gasteiger partial charge in [0.1, 0.15) is 56.3 Å². The van der Waals surface area contributed by atoms with E-state index in [1.165, 1.54) is 12.1 Å². The fourth-order valence-electron chi connectivity index (χ4n) is 10.3. The summed E-state index contributed by atoms with van der Waals surface area (Å²) in [4.78, 5) is 39.5. The quantitative estimate of drug-likeness (QED) is 0.0992. The second kappa shape index (κ2) is 20.4. The highest BCUT2D eigenvalue weighted by molar-refractivity contribution is 6.29. The van der Waals surface area contributed by atoms with E-state index in [4.69, 9.17) is 29.9 Å². The normalized spacial score (nSPS) is 16.1. The Hall–Kier alpha value is -6.55. The molecule has 0 bridgehead atoms. The molecule has 5 heterocycles. The number of nitrogens with zero attached hydrogens (tertiary/aromatic N) is 5. The van der Waals surface area contributed by atoms with Gasteiger partial charge in [0.25, 0.3) is 0 Å². The number of aryl methyl sites for hydroxylation is 2. The summed E-state index contributed by atoms with van der Waals surface area (Å²) in [5.41, 5.74) is 4.47. The van der Waals surface area contributed by atoms with Crippen LogP contribution in [0.2, 0.25) is 5.15 Å². The Balaban J connectivity index is 0.000000174. The summed E-state index contributed by atoms with van der Waals surface area (Å²) in [5.74, 6) is -0.260. The van der Waals surface area contributed by atoms with E-state index in [0.29, 0.717) is 82.6 Å². The third-order valence-corrected chi connectivity index (χ3v) is 13.8. The molecule has 2 atom stereocenters. The lowest BCUT2D eigenvalue weighted by Crippen LogP contribution is -2.46. The van der Waals surface area contributed by atoms with Gasteiger partial charge < -0.3 is 38.3 Å². The van der Waals surface area contributed by atoms with Crippen LogP contribution in [0.5, 0.6) is 11.5 Å². The third kappa shape index (κ3) is 9.06. The highest BCUT2D eigenvalue weighted by Crippen LogP contribution is 2.49. The van der Waals surface area contributed by atoms with Gasteiger partial charge in [0.2, 0.25) is 0 Å². The van der Waals surface area contributed by atoms with Crippen LogP contribution in [0.25, 0.3) is 43.5 Å². The lowest BCUT2D eigenvalue weighted by Gasteiger charge is -2.39. The maximum absolute atomic E-state index is 14.5. The second-order valence-corrected chi connectivity index (χ2v) is 18.4. The molecule has 8 aromatic rings. The van der Waals surface area contributed by atoms with Crippen LogP contribution in [0.4, 0.5) is 4.39 Å². The van der Waals surface area contributed by atoms with Crippen LogP contribution < -0.4 is 0 Å². The van der Waals surface area contributed by atoms with Crippen molar-refractivity contribution in [2.24, 2.45) is 0 Å². The number of aromatic hydroxyl groups is 2. The zero-order valence-corrected chi connectivity index (χ0v) is 41.0. The Kier molecular flexibility index (Phi) is 14.1. The number of fused-ring (bicyclic) bond motifs is 6. The monoisotopic (exact) mass is 969 g/mol. The van der Waals surface area contributed by atoms with Crippen molar-refractivity contribution in [3.05, 3.63) is 147 Å². The van der Waals surface area contributed by atoms with Crippen molar-refractivity contribution < 1.29 is 42.5 Å². The zero-order chi connectivity index (χ0) is 49.4. The molecule has 364 valence electrons. The number of esters is 2. The van der Waals surface area contributed by atoms with Crippen molar-refractivity contribution in [2.45, 2.75) is 39.8 Å². The maximum atomic E-state index is 14.5. The Labute approximate surface area is 410 Å². The number of phenols is 2. The number of furan rings is 2. The zero-order valence-electron chi connectivity index (χ0n) is 40.2. The van der Waals surface area contributed by atoms with Gasteiger partial charge in [0, 0.05) is 102 Å². The highest BCUT2D eigenvalue weighted by Gasteiger charge is 2.37. The van der Waals surface area contributed by atoms with Gasteiger partial charge in [-0.25, -0.2) is 19.0 Å². The molecule has 10 rings (SSSR count). The number of carbonyl (C=O) groups excluding carboxylic acids is 2. The molecule has 2 N–H and O–H groups in total. The predicted octanol–water partition coefficient (Wildman–Crippen LogP) is 10.4. The van der Waals surface area contributed by atoms with Crippen molar-refractivity contribution in [1.82, 2.24) is 24.6 Å². The van der Waals surface area contributed by atoms with Crippen molar-refractivity contribution in [3.8, 4) is 11.5 Å². The first-order valence-electron chi connectivity index (χ1n) is 23.7. The van der Waals surface area contributed by atoms with E-state index in [9.17, 15) is 24.2 Å². The molecule has 70 heavy (non-hydrogen) atoms. The van der Waals surface area contributed by atoms with Gasteiger partial charge in [-0.1, -0.05) is 72.3 Å². The molecule has 2 fully saturated rings. The Morgan fingerprint density at radius 1 is 0.643 bits per heavy atom. The summed E-state index contributed by atoms with van der Waals surface area (Å²) in [6.07, 6.45) is 1.67. The summed E-state index contributed by atoms with van der Waals surface area (Å²) in [6.45, 7) is 13.9. The van der Waals surface area contributed by atoms with Gasteiger partial charge in [0.05, 0.1) is 25.3 Å². The lowest BCUT2D eigenvalue weighted by atomic mass is 9.88. The molecule has 0 radical (unpaired) electrons. The molecule has 15 heteroatoms. The number of hydrogen-bond acceptors (Lipinski definition) is 13. The van der Waals surface area contributed by atoms with E-state index in [1.54, 1.807) is 40.0 Å². The number of aromatic nitrogens is 1. The molecule has 0 aliphatic carbocycles. The molecule has 0 spiro atoms. The standard InChI is InChI=1S/C28H29FN2O4.C27H28ClN3O4/c1-4-34-28(33)22-17(2)35-27-21-11-6-5-10-20(21)26(32)24(23(22)27)25(18-8-7-9-19(29)16-18)31-14-12-30(3)13-15-31;1-4-34-27(33)21-16(2)35-26-19-8-6-5-7-18(19)25(32)23(22(21)26)24(17-9-10-29-20(28)15-17)31-13-11-30(3)12-14-31/h5-11,16,25,32H,4,12-15H2,1-3H3;5-10,15,24,32H,4,11-14H2,1-3H3. The second-order valence-electron chi connectivity index (χ2n) is 18.0. The molecule has 0 amide bonds. The van der Waals surface area contributed by atoms with Gasteiger partial charge in [-0.05, 0) is 77.2 Å². The average Bonchev–Trinajstić information content (AvgIpc) is 3.89. The van der Waals surface area contributed by atoms with Gasteiger partial charge in [-0.3, -0.25) is 9.80 Å². The van der Waals surface area contributed by atoms with Crippen molar-refractivity contribution in [2.75, 3.05) is 79.7 Å². The summed E-state index contributed by atoms with van der Waals surface area (Å²) in [7, 11) is 4.16. The average molecular weight is 971 g/mol. The van der Waals surface area contributed by atoms with Crippen LogP contribution in [0.3, 0.4) is 0 Å². The SMILES string of the molecule is CCOC(=O)c1c(C)oc2c1c(C(c1cccc(F)c1)N1CCN(C)CC1)c(O)c1ccccc12.CCOC(=O)c1c(C)oc2c1c(C(c1ccnc(Cl)c1)N1CCN(C)CC1)c(O)c1ccccc12. The first-order chi connectivity index (χ1) is 33.8. The fraction of sp³-hybridized carbons (Fsp3) is 0.327. The molecule has 0 saturated carbocycles. The summed E-state index contributed by atoms with van der Waals surface area (Å²) < 4.78 is 37.7. The summed E-state index contributed by atoms with van der Waals surface area (Å²) in [6, 6.07) is 24.3. The molecule has 2 aliphatic rings. The number of halogens is 2. The number of piperazine rings is 2. The lowest BCUT2D eigenvalue weighted by molar-refractivity contribution is 0.0516. The van der Waals surface area contributed by atoms with Crippen LogP contribution in [0.15, 0.2) is 100.0 Å². The third-order valence-electron chi connectivity index (χ3n) is 13.6. The van der Waals surface area contributed by atoms with Gasteiger partial charge in [0.15, 0.2) is 0 Å². The largest absolute Gasteiger partial charge is 0.507 e. The molecular weight excluding hydrogens is 913 g/mol. The number of rotatable bonds is 10. The molecule has 5 aromatic carbocycles. The van der Waals surface area contributed by atoms with Crippen LogP contribution in [-0.2, 0) is 9.47 Å². The number of pyridine rings is 1. The highest BCUT2D eigenvalue weighted by atomic mass is 35.5. The fourth-order valence-corrected chi connectivity index (χ4v) is 10.4. The molecule has 2 aliphatic heterocycles. The summed E-state index contributed by atoms with van der Waals surface area (Å²) in [5, 5.41) is 27.7. The number of carbonyl (C=O) groups is 2. The number of likely N-dealkylation sites (N-methyl/N-ethyl adjacent to an activating group) is 2. The van der Waals surface area contributed by atoms with Gasteiger partial charge in [-0.2, -0.15) is 0 Å². The predicted molar refractivity (Wildman–Crippen MR) is 270 cm³/mol. The Bertz CT molecular complexity index is 3030. The van der Waals surface area contributed by atoms with E-state index < -0.39 is 18.0 Å². The molecule has 2 saturated heterocycles. The number of ether oxygens (including phenoxy) is 2. The van der Waals surface area contributed by atoms with Crippen LogP contribution in [-0.4, -0.2) is 126 Å². The van der Waals surface area contributed by atoms with E-state index in [-0.39, 0.29) is 36.6 Å². The van der Waals surface area contributed by atoms with E-state index in [2.05, 4.69) is 38.7 Å². The number of benzene rings is 5. The van der Waals surface area contributed by atoms with E-state index in [0.717, 1.165) is 63.3 Å². The molecule has 13 nitrogen and oxygen atoms in total. The van der Waals surface area contributed by atoms with Crippen molar-refractivity contribution in [1.29, 1.82) is 0 Å². The van der Waals surface area contributed by atoms with Gasteiger partial charge >= 0.3 is 11.9 Å². The van der Waals surface area contributed by atoms with Crippen LogP contribution in [0.1, 0.15) is 80.4 Å². The van der Waals surface area contributed by atoms with E-state index >= 15 is 0 Å². The van der Waals surface area contributed by atoms with Gasteiger partial charge in [-0.15, -0.1) is 0 Å². The van der Waals surface area contributed by atoms with E-state index in [1.807, 2.05) is 66.7 Å². The van der Waals surface area contributed by atoms with Crippen LogP contribution >= 0.6 is 11.6 Å². The first-order valence-corrected chi connectivity index (χ1v) is 24.1. The molecule has 3 aromatic heterocycles. The number of phenolic OH excluding ortho intramolecular Hbond substituents is 2. The molecule has 2 unspecified atom stereocenters. The van der Waals surface area contributed by atoms with Crippen molar-refractivity contribution >= 4 is 67.0 Å². The first kappa shape index (κ1) is 48.5. The van der Waals surface area contributed by atoms with Crippen LogP contribution in [0, 0.1) is 19.7 Å². The Morgan fingerprint density at radius 2 is 1.07 bits per heavy atom. The topological polar surface area (TPSA) is 145 Å². The minimum atomic E-state index is -0.504. The maximum Gasteiger partial charge on any atom is 0.342 e. The Morgan fingerprint density at radius 3 is 1.49 bits per heavy atom. The van der Waals surface area contributed by atoms with Crippen molar-refractivity contribution in [3.63, 3.8) is 0 Å². The minimum absolute atomic E-state index is 0.0626. The minimum Gasteiger partial charge on any atom is -0.507 e.